The number of rotatable bonds is 4. The molecular weight excluding hydrogens is 284 g/mol. The molecule has 2 amide bonds. The first-order valence-electron chi connectivity index (χ1n) is 5.27. The molecule has 2 N–H and O–H groups in total. The number of benzene rings is 1. The SMILES string of the molecule is CNC(=O)c1ccc(C)c(NC(=O)CCBr)c1. The molecule has 0 heterocycles. The van der Waals surface area contributed by atoms with Gasteiger partial charge in [-0.25, -0.2) is 0 Å². The van der Waals surface area contributed by atoms with Gasteiger partial charge >= 0.3 is 0 Å². The van der Waals surface area contributed by atoms with Gasteiger partial charge in [-0.15, -0.1) is 0 Å². The van der Waals surface area contributed by atoms with Crippen LogP contribution < -0.4 is 10.6 Å². The lowest BCUT2D eigenvalue weighted by atomic mass is 10.1. The summed E-state index contributed by atoms with van der Waals surface area (Å²) in [6.07, 6.45) is 0.406. The van der Waals surface area contributed by atoms with E-state index in [9.17, 15) is 9.59 Å². The maximum Gasteiger partial charge on any atom is 0.251 e. The number of amides is 2. The first-order chi connectivity index (χ1) is 8.08. The van der Waals surface area contributed by atoms with Gasteiger partial charge in [-0.3, -0.25) is 9.59 Å². The van der Waals surface area contributed by atoms with Crippen molar-refractivity contribution < 1.29 is 9.59 Å². The Hall–Kier alpha value is -1.36. The number of carbonyl (C=O) groups excluding carboxylic acids is 2. The molecule has 92 valence electrons. The molecule has 0 fully saturated rings. The molecule has 1 aromatic carbocycles. The van der Waals surface area contributed by atoms with Crippen molar-refractivity contribution in [3.63, 3.8) is 0 Å². The van der Waals surface area contributed by atoms with Gasteiger partial charge in [0.25, 0.3) is 5.91 Å². The molecule has 0 unspecified atom stereocenters. The standard InChI is InChI=1S/C12H15BrN2O2/c1-8-3-4-9(12(17)14-2)7-10(8)15-11(16)5-6-13/h3-4,7H,5-6H2,1-2H3,(H,14,17)(H,15,16). The summed E-state index contributed by atoms with van der Waals surface area (Å²) in [4.78, 5) is 22.9. The molecule has 0 aliphatic rings. The molecule has 0 saturated heterocycles. The fourth-order valence-electron chi connectivity index (χ4n) is 1.34. The van der Waals surface area contributed by atoms with Gasteiger partial charge in [0.15, 0.2) is 0 Å². The topological polar surface area (TPSA) is 58.2 Å². The molecule has 4 nitrogen and oxygen atoms in total. The molecule has 5 heteroatoms. The van der Waals surface area contributed by atoms with Crippen molar-refractivity contribution in [2.24, 2.45) is 0 Å². The Morgan fingerprint density at radius 2 is 2.06 bits per heavy atom. The van der Waals surface area contributed by atoms with Crippen LogP contribution in [0.15, 0.2) is 18.2 Å². The Balaban J connectivity index is 2.90. The van der Waals surface area contributed by atoms with Crippen molar-refractivity contribution in [1.29, 1.82) is 0 Å². The second-order valence-corrected chi connectivity index (χ2v) is 4.39. The molecule has 1 aromatic rings. The summed E-state index contributed by atoms with van der Waals surface area (Å²) in [5.41, 5.74) is 2.14. The second-order valence-electron chi connectivity index (χ2n) is 3.60. The number of carbonyl (C=O) groups is 2. The summed E-state index contributed by atoms with van der Waals surface area (Å²) in [6.45, 7) is 1.89. The van der Waals surface area contributed by atoms with Crippen LogP contribution in [-0.2, 0) is 4.79 Å². The third kappa shape index (κ3) is 3.85. The fourth-order valence-corrected chi connectivity index (χ4v) is 1.70. The van der Waals surface area contributed by atoms with Crippen LogP contribution in [-0.4, -0.2) is 24.2 Å². The summed E-state index contributed by atoms with van der Waals surface area (Å²) in [6, 6.07) is 5.23. The van der Waals surface area contributed by atoms with E-state index >= 15 is 0 Å². The predicted molar refractivity (Wildman–Crippen MR) is 71.6 cm³/mol. The average Bonchev–Trinajstić information content (AvgIpc) is 2.31. The van der Waals surface area contributed by atoms with Crippen LogP contribution in [0.2, 0.25) is 0 Å². The lowest BCUT2D eigenvalue weighted by Gasteiger charge is -2.09. The van der Waals surface area contributed by atoms with Crippen LogP contribution in [0.25, 0.3) is 0 Å². The van der Waals surface area contributed by atoms with Crippen molar-refractivity contribution in [2.75, 3.05) is 17.7 Å². The highest BCUT2D eigenvalue weighted by atomic mass is 79.9. The lowest BCUT2D eigenvalue weighted by molar-refractivity contribution is -0.115. The van der Waals surface area contributed by atoms with E-state index in [-0.39, 0.29) is 11.8 Å². The van der Waals surface area contributed by atoms with Crippen LogP contribution in [0.4, 0.5) is 5.69 Å². The molecule has 1 rings (SSSR count). The number of hydrogen-bond donors (Lipinski definition) is 2. The van der Waals surface area contributed by atoms with Crippen LogP contribution in [0.1, 0.15) is 22.3 Å². The molecule has 0 saturated carbocycles. The number of anilines is 1. The van der Waals surface area contributed by atoms with Crippen LogP contribution in [0.5, 0.6) is 0 Å². The Morgan fingerprint density at radius 1 is 1.35 bits per heavy atom. The van der Waals surface area contributed by atoms with E-state index in [1.54, 1.807) is 19.2 Å². The highest BCUT2D eigenvalue weighted by Gasteiger charge is 2.08. The summed E-state index contributed by atoms with van der Waals surface area (Å²) in [5.74, 6) is -0.236. The second kappa shape index (κ2) is 6.39. The minimum atomic E-state index is -0.166. The highest BCUT2D eigenvalue weighted by Crippen LogP contribution is 2.17. The Kier molecular flexibility index (Phi) is 5.15. The van der Waals surface area contributed by atoms with E-state index in [0.717, 1.165) is 5.56 Å². The van der Waals surface area contributed by atoms with Crippen LogP contribution in [0, 0.1) is 6.92 Å². The zero-order valence-corrected chi connectivity index (χ0v) is 11.4. The normalized spacial score (nSPS) is 9.82. The molecule has 0 aliphatic heterocycles. The molecule has 0 atom stereocenters. The fraction of sp³-hybridized carbons (Fsp3) is 0.333. The van der Waals surface area contributed by atoms with Gasteiger partial charge in [-0.2, -0.15) is 0 Å². The minimum Gasteiger partial charge on any atom is -0.355 e. The third-order valence-electron chi connectivity index (χ3n) is 2.32. The monoisotopic (exact) mass is 298 g/mol. The van der Waals surface area contributed by atoms with Crippen molar-refractivity contribution in [1.82, 2.24) is 5.32 Å². The number of alkyl halides is 1. The van der Waals surface area contributed by atoms with Crippen molar-refractivity contribution in [3.8, 4) is 0 Å². The summed E-state index contributed by atoms with van der Waals surface area (Å²) < 4.78 is 0. The Morgan fingerprint density at radius 3 is 2.65 bits per heavy atom. The highest BCUT2D eigenvalue weighted by molar-refractivity contribution is 9.09. The molecular formula is C12H15BrN2O2. The zero-order chi connectivity index (χ0) is 12.8. The summed E-state index contributed by atoms with van der Waals surface area (Å²) in [7, 11) is 1.57. The number of aryl methyl sites for hydroxylation is 1. The van der Waals surface area contributed by atoms with Crippen LogP contribution >= 0.6 is 15.9 Å². The maximum atomic E-state index is 11.5. The van der Waals surface area contributed by atoms with Crippen molar-refractivity contribution >= 4 is 33.4 Å². The minimum absolute atomic E-state index is 0.0703. The molecule has 0 aromatic heterocycles. The third-order valence-corrected chi connectivity index (χ3v) is 2.72. The van der Waals surface area contributed by atoms with E-state index in [0.29, 0.717) is 23.0 Å². The van der Waals surface area contributed by atoms with E-state index < -0.39 is 0 Å². The van der Waals surface area contributed by atoms with Gasteiger partial charge in [-0.05, 0) is 24.6 Å². The van der Waals surface area contributed by atoms with E-state index in [2.05, 4.69) is 26.6 Å². The molecule has 0 spiro atoms. The number of hydrogen-bond acceptors (Lipinski definition) is 2. The molecule has 0 aliphatic carbocycles. The molecule has 17 heavy (non-hydrogen) atoms. The van der Waals surface area contributed by atoms with E-state index in [1.165, 1.54) is 0 Å². The van der Waals surface area contributed by atoms with Crippen molar-refractivity contribution in [2.45, 2.75) is 13.3 Å². The smallest absolute Gasteiger partial charge is 0.251 e. The van der Waals surface area contributed by atoms with Crippen molar-refractivity contribution in [3.05, 3.63) is 29.3 Å². The van der Waals surface area contributed by atoms with Gasteiger partial charge in [-0.1, -0.05) is 22.0 Å². The van der Waals surface area contributed by atoms with Gasteiger partial charge in [0.1, 0.15) is 0 Å². The van der Waals surface area contributed by atoms with Gasteiger partial charge in [0.2, 0.25) is 5.91 Å². The summed E-state index contributed by atoms with van der Waals surface area (Å²) in [5, 5.41) is 5.95. The average molecular weight is 299 g/mol. The Labute approximate surface area is 109 Å². The predicted octanol–water partition coefficient (Wildman–Crippen LogP) is 2.08. The lowest BCUT2D eigenvalue weighted by Crippen LogP contribution is -2.19. The van der Waals surface area contributed by atoms with Gasteiger partial charge in [0.05, 0.1) is 0 Å². The number of nitrogens with one attached hydrogen (secondary N) is 2. The zero-order valence-electron chi connectivity index (χ0n) is 9.84. The van der Waals surface area contributed by atoms with Crippen LogP contribution in [0.3, 0.4) is 0 Å². The van der Waals surface area contributed by atoms with Gasteiger partial charge in [0, 0.05) is 30.0 Å². The first kappa shape index (κ1) is 13.7. The quantitative estimate of drug-likeness (QED) is 0.836. The van der Waals surface area contributed by atoms with E-state index in [4.69, 9.17) is 0 Å². The summed E-state index contributed by atoms with van der Waals surface area (Å²) >= 11 is 3.21. The number of halogens is 1. The van der Waals surface area contributed by atoms with Gasteiger partial charge < -0.3 is 10.6 Å². The van der Waals surface area contributed by atoms with E-state index in [1.807, 2.05) is 13.0 Å². The Bertz CT molecular complexity index is 433. The first-order valence-corrected chi connectivity index (χ1v) is 6.39. The largest absolute Gasteiger partial charge is 0.355 e. The molecule has 0 bridgehead atoms. The molecule has 0 radical (unpaired) electrons. The maximum absolute atomic E-state index is 11.5.